The molecule has 4 nitrogen and oxygen atoms in total. The summed E-state index contributed by atoms with van der Waals surface area (Å²) in [5.74, 6) is 0. The van der Waals surface area contributed by atoms with Crippen molar-refractivity contribution in [1.82, 2.24) is 0 Å². The van der Waals surface area contributed by atoms with E-state index in [4.69, 9.17) is 14.2 Å². The average molecular weight is 397 g/mol. The second-order valence-electron chi connectivity index (χ2n) is 3.74. The summed E-state index contributed by atoms with van der Waals surface area (Å²) < 4.78 is 17.7. The fraction of sp³-hybridized carbons (Fsp3) is 0.538. The summed E-state index contributed by atoms with van der Waals surface area (Å²) in [4.78, 5) is 0. The summed E-state index contributed by atoms with van der Waals surface area (Å²) in [6.45, 7) is 3.82. The molecule has 6 heteroatoms. The standard InChI is InChI=1S/C13H19Br2NO3/c1-17-7-8-19-10-9-18-6-5-16-13-11(14)3-2-4-12(13)15/h2-4,16H,5-10H2,1H3. The number of rotatable bonds is 10. The molecule has 0 saturated carbocycles. The number of anilines is 1. The summed E-state index contributed by atoms with van der Waals surface area (Å²) in [5.41, 5.74) is 1.04. The van der Waals surface area contributed by atoms with Crippen molar-refractivity contribution in [2.45, 2.75) is 0 Å². The normalized spacial score (nSPS) is 10.7. The van der Waals surface area contributed by atoms with Crippen molar-refractivity contribution in [3.05, 3.63) is 27.1 Å². The fourth-order valence-electron chi connectivity index (χ4n) is 1.38. The number of nitrogens with one attached hydrogen (secondary N) is 1. The molecule has 19 heavy (non-hydrogen) atoms. The van der Waals surface area contributed by atoms with E-state index in [1.807, 2.05) is 18.2 Å². The Morgan fingerprint density at radius 3 is 2.16 bits per heavy atom. The van der Waals surface area contributed by atoms with Gasteiger partial charge in [-0.3, -0.25) is 0 Å². The van der Waals surface area contributed by atoms with Gasteiger partial charge in [-0.05, 0) is 44.0 Å². The van der Waals surface area contributed by atoms with Gasteiger partial charge in [-0.2, -0.15) is 0 Å². The Bertz CT molecular complexity index is 343. The molecule has 1 aromatic carbocycles. The SMILES string of the molecule is COCCOCCOCCNc1c(Br)cccc1Br. The van der Waals surface area contributed by atoms with E-state index in [9.17, 15) is 0 Å². The minimum absolute atomic E-state index is 0.599. The first-order valence-electron chi connectivity index (χ1n) is 6.08. The molecule has 0 heterocycles. The van der Waals surface area contributed by atoms with Gasteiger partial charge in [0.05, 0.1) is 38.7 Å². The number of methoxy groups -OCH3 is 1. The largest absolute Gasteiger partial charge is 0.382 e. The Balaban J connectivity index is 2.05. The van der Waals surface area contributed by atoms with Crippen molar-refractivity contribution in [1.29, 1.82) is 0 Å². The fourth-order valence-corrected chi connectivity index (χ4v) is 2.66. The van der Waals surface area contributed by atoms with E-state index in [0.29, 0.717) is 33.0 Å². The Labute approximate surface area is 131 Å². The lowest BCUT2D eigenvalue weighted by Gasteiger charge is -2.11. The minimum Gasteiger partial charge on any atom is -0.382 e. The topological polar surface area (TPSA) is 39.7 Å². The summed E-state index contributed by atoms with van der Waals surface area (Å²) in [6, 6.07) is 5.97. The molecule has 0 amide bonds. The van der Waals surface area contributed by atoms with Gasteiger partial charge in [0.15, 0.2) is 0 Å². The molecule has 0 fully saturated rings. The number of benzene rings is 1. The molecule has 0 spiro atoms. The minimum atomic E-state index is 0.599. The predicted octanol–water partition coefficient (Wildman–Crippen LogP) is 3.30. The molecule has 0 atom stereocenters. The van der Waals surface area contributed by atoms with E-state index in [0.717, 1.165) is 21.2 Å². The van der Waals surface area contributed by atoms with Crippen molar-refractivity contribution in [3.63, 3.8) is 0 Å². The first-order valence-corrected chi connectivity index (χ1v) is 7.66. The predicted molar refractivity (Wildman–Crippen MR) is 83.8 cm³/mol. The Hall–Kier alpha value is -0.140. The Kier molecular flexibility index (Phi) is 9.46. The van der Waals surface area contributed by atoms with Crippen LogP contribution in [0.4, 0.5) is 5.69 Å². The van der Waals surface area contributed by atoms with Crippen LogP contribution < -0.4 is 5.32 Å². The van der Waals surface area contributed by atoms with Crippen LogP contribution in [0.3, 0.4) is 0 Å². The molecule has 0 aliphatic heterocycles. The highest BCUT2D eigenvalue weighted by Gasteiger charge is 2.02. The lowest BCUT2D eigenvalue weighted by atomic mass is 10.3. The van der Waals surface area contributed by atoms with Gasteiger partial charge in [-0.15, -0.1) is 0 Å². The van der Waals surface area contributed by atoms with Crippen LogP contribution in [-0.4, -0.2) is 46.7 Å². The third kappa shape index (κ3) is 7.27. The van der Waals surface area contributed by atoms with Gasteiger partial charge in [0, 0.05) is 22.6 Å². The molecule has 0 radical (unpaired) electrons. The van der Waals surface area contributed by atoms with Crippen LogP contribution in [-0.2, 0) is 14.2 Å². The van der Waals surface area contributed by atoms with Crippen LogP contribution in [0.25, 0.3) is 0 Å². The molecule has 0 bridgehead atoms. The molecule has 0 aliphatic carbocycles. The van der Waals surface area contributed by atoms with Crippen LogP contribution in [0.15, 0.2) is 27.1 Å². The average Bonchev–Trinajstić information content (AvgIpc) is 2.40. The first-order chi connectivity index (χ1) is 9.25. The second-order valence-corrected chi connectivity index (χ2v) is 5.45. The monoisotopic (exact) mass is 395 g/mol. The van der Waals surface area contributed by atoms with Gasteiger partial charge in [0.1, 0.15) is 0 Å². The van der Waals surface area contributed by atoms with Crippen molar-refractivity contribution in [2.75, 3.05) is 52.0 Å². The van der Waals surface area contributed by atoms with Crippen LogP contribution in [0, 0.1) is 0 Å². The molecular formula is C13H19Br2NO3. The molecule has 0 unspecified atom stereocenters. The zero-order valence-corrected chi connectivity index (χ0v) is 14.1. The van der Waals surface area contributed by atoms with E-state index < -0.39 is 0 Å². The van der Waals surface area contributed by atoms with E-state index in [2.05, 4.69) is 37.2 Å². The van der Waals surface area contributed by atoms with Crippen molar-refractivity contribution >= 4 is 37.5 Å². The van der Waals surface area contributed by atoms with Gasteiger partial charge in [0.25, 0.3) is 0 Å². The number of para-hydroxylation sites is 1. The molecule has 0 aliphatic rings. The van der Waals surface area contributed by atoms with E-state index >= 15 is 0 Å². The lowest BCUT2D eigenvalue weighted by Crippen LogP contribution is -2.14. The van der Waals surface area contributed by atoms with Crippen molar-refractivity contribution in [2.24, 2.45) is 0 Å². The summed E-state index contributed by atoms with van der Waals surface area (Å²) in [6.07, 6.45) is 0. The van der Waals surface area contributed by atoms with Gasteiger partial charge in [0.2, 0.25) is 0 Å². The second kappa shape index (κ2) is 10.6. The number of hydrogen-bond acceptors (Lipinski definition) is 4. The molecule has 1 N–H and O–H groups in total. The van der Waals surface area contributed by atoms with Crippen LogP contribution in [0.2, 0.25) is 0 Å². The van der Waals surface area contributed by atoms with E-state index in [1.54, 1.807) is 7.11 Å². The zero-order chi connectivity index (χ0) is 13.9. The van der Waals surface area contributed by atoms with Gasteiger partial charge < -0.3 is 19.5 Å². The van der Waals surface area contributed by atoms with Gasteiger partial charge in [-0.1, -0.05) is 6.07 Å². The molecule has 0 saturated heterocycles. The molecule has 1 rings (SSSR count). The maximum absolute atomic E-state index is 5.46. The summed E-state index contributed by atoms with van der Waals surface area (Å²) >= 11 is 7.00. The highest BCUT2D eigenvalue weighted by molar-refractivity contribution is 9.11. The van der Waals surface area contributed by atoms with Crippen LogP contribution >= 0.6 is 31.9 Å². The molecule has 1 aromatic rings. The molecule has 0 aromatic heterocycles. The van der Waals surface area contributed by atoms with Gasteiger partial charge in [-0.25, -0.2) is 0 Å². The molecular weight excluding hydrogens is 378 g/mol. The summed E-state index contributed by atoms with van der Waals surface area (Å²) in [7, 11) is 1.66. The Morgan fingerprint density at radius 1 is 0.947 bits per heavy atom. The number of halogens is 2. The third-order valence-electron chi connectivity index (χ3n) is 2.31. The van der Waals surface area contributed by atoms with E-state index in [1.165, 1.54) is 0 Å². The number of hydrogen-bond donors (Lipinski definition) is 1. The maximum Gasteiger partial charge on any atom is 0.0701 e. The van der Waals surface area contributed by atoms with E-state index in [-0.39, 0.29) is 0 Å². The van der Waals surface area contributed by atoms with Crippen LogP contribution in [0.1, 0.15) is 0 Å². The van der Waals surface area contributed by atoms with Crippen molar-refractivity contribution < 1.29 is 14.2 Å². The van der Waals surface area contributed by atoms with Crippen molar-refractivity contribution in [3.8, 4) is 0 Å². The highest BCUT2D eigenvalue weighted by atomic mass is 79.9. The highest BCUT2D eigenvalue weighted by Crippen LogP contribution is 2.30. The Morgan fingerprint density at radius 2 is 1.53 bits per heavy atom. The van der Waals surface area contributed by atoms with Gasteiger partial charge >= 0.3 is 0 Å². The number of ether oxygens (including phenoxy) is 3. The smallest absolute Gasteiger partial charge is 0.0701 e. The molecule has 108 valence electrons. The third-order valence-corrected chi connectivity index (χ3v) is 3.64. The summed E-state index contributed by atoms with van der Waals surface area (Å²) in [5, 5.41) is 3.31. The zero-order valence-electron chi connectivity index (χ0n) is 11.0. The first kappa shape index (κ1) is 16.9. The van der Waals surface area contributed by atoms with Crippen LogP contribution in [0.5, 0.6) is 0 Å². The quantitative estimate of drug-likeness (QED) is 0.616. The maximum atomic E-state index is 5.46. The lowest BCUT2D eigenvalue weighted by molar-refractivity contribution is 0.0272.